The number of hydrogen-bond donors (Lipinski definition) is 2. The minimum Gasteiger partial charge on any atom is -0.284 e. The molecular weight excluding hydrogens is 250 g/mol. The molecule has 16 heavy (non-hydrogen) atoms. The van der Waals surface area contributed by atoms with Crippen molar-refractivity contribution in [2.45, 2.75) is 24.7 Å². The lowest BCUT2D eigenvalue weighted by molar-refractivity contribution is 0.543. The summed E-state index contributed by atoms with van der Waals surface area (Å²) in [6.07, 6.45) is 4.33. The lowest BCUT2D eigenvalue weighted by Gasteiger charge is -2.07. The minimum atomic E-state index is -3.40. The fraction of sp³-hybridized carbons (Fsp3) is 0.667. The van der Waals surface area contributed by atoms with Gasteiger partial charge in [0.1, 0.15) is 4.90 Å². The molecule has 7 heteroatoms. The maximum absolute atomic E-state index is 11.6. The maximum Gasteiger partial charge on any atom is 0.243 e. The third kappa shape index (κ3) is 4.11. The molecule has 0 bridgehead atoms. The number of alkyl halides is 1. The second-order valence-corrected chi connectivity index (χ2v) is 5.81. The van der Waals surface area contributed by atoms with E-state index in [1.54, 1.807) is 0 Å². The number of nitrogens with zero attached hydrogens (tertiary/aromatic N) is 1. The van der Waals surface area contributed by atoms with E-state index in [0.29, 0.717) is 18.3 Å². The molecule has 0 fully saturated rings. The zero-order valence-electron chi connectivity index (χ0n) is 9.11. The van der Waals surface area contributed by atoms with Crippen molar-refractivity contribution in [3.8, 4) is 0 Å². The average Bonchev–Trinajstić information content (AvgIpc) is 2.78. The minimum absolute atomic E-state index is 0.165. The Bertz CT molecular complexity index is 391. The van der Waals surface area contributed by atoms with E-state index in [9.17, 15) is 8.42 Å². The quantitative estimate of drug-likeness (QED) is 0.577. The average molecular weight is 266 g/mol. The van der Waals surface area contributed by atoms with Crippen molar-refractivity contribution in [3.05, 3.63) is 12.4 Å². The van der Waals surface area contributed by atoms with Crippen molar-refractivity contribution in [3.63, 3.8) is 0 Å². The van der Waals surface area contributed by atoms with E-state index in [0.717, 1.165) is 12.8 Å². The highest BCUT2D eigenvalue weighted by Gasteiger charge is 2.13. The summed E-state index contributed by atoms with van der Waals surface area (Å²) >= 11 is 5.65. The molecule has 5 nitrogen and oxygen atoms in total. The molecule has 0 aliphatic carbocycles. The number of hydrogen-bond acceptors (Lipinski definition) is 3. The Morgan fingerprint density at radius 2 is 2.38 bits per heavy atom. The Labute approximate surface area is 101 Å². The zero-order valence-corrected chi connectivity index (χ0v) is 10.7. The summed E-state index contributed by atoms with van der Waals surface area (Å²) in [7, 11) is -3.40. The van der Waals surface area contributed by atoms with Crippen molar-refractivity contribution in [2.24, 2.45) is 5.92 Å². The molecule has 0 aromatic carbocycles. The summed E-state index contributed by atoms with van der Waals surface area (Å²) in [4.78, 5) is 0.165. The van der Waals surface area contributed by atoms with E-state index in [1.807, 2.05) is 6.92 Å². The Balaban J connectivity index is 2.33. The SMILES string of the molecule is CC(CCl)CCCNS(=O)(=O)c1cn[nH]c1. The Morgan fingerprint density at radius 3 is 2.94 bits per heavy atom. The van der Waals surface area contributed by atoms with Gasteiger partial charge in [0.2, 0.25) is 10.0 Å². The van der Waals surface area contributed by atoms with Crippen molar-refractivity contribution in [2.75, 3.05) is 12.4 Å². The normalized spacial score (nSPS) is 13.9. The highest BCUT2D eigenvalue weighted by atomic mass is 35.5. The van der Waals surface area contributed by atoms with Gasteiger partial charge in [-0.1, -0.05) is 6.92 Å². The van der Waals surface area contributed by atoms with Crippen LogP contribution in [0.25, 0.3) is 0 Å². The molecule has 1 unspecified atom stereocenters. The fourth-order valence-electron chi connectivity index (χ4n) is 1.20. The van der Waals surface area contributed by atoms with Crippen LogP contribution in [-0.4, -0.2) is 31.0 Å². The third-order valence-electron chi connectivity index (χ3n) is 2.21. The number of sulfonamides is 1. The van der Waals surface area contributed by atoms with Crippen LogP contribution in [0.15, 0.2) is 17.3 Å². The van der Waals surface area contributed by atoms with E-state index in [4.69, 9.17) is 11.6 Å². The molecule has 0 saturated carbocycles. The molecule has 92 valence electrons. The van der Waals surface area contributed by atoms with E-state index < -0.39 is 10.0 Å². The van der Waals surface area contributed by atoms with Crippen LogP contribution in [0.3, 0.4) is 0 Å². The molecule has 0 spiro atoms. The van der Waals surface area contributed by atoms with Crippen LogP contribution in [0.5, 0.6) is 0 Å². The fourth-order valence-corrected chi connectivity index (χ4v) is 2.34. The van der Waals surface area contributed by atoms with E-state index >= 15 is 0 Å². The van der Waals surface area contributed by atoms with Gasteiger partial charge in [-0.15, -0.1) is 11.6 Å². The van der Waals surface area contributed by atoms with Gasteiger partial charge < -0.3 is 0 Å². The first-order chi connectivity index (χ1) is 7.56. The molecule has 1 aromatic rings. The van der Waals surface area contributed by atoms with Gasteiger partial charge in [-0.05, 0) is 18.8 Å². The van der Waals surface area contributed by atoms with Crippen LogP contribution in [0.2, 0.25) is 0 Å². The van der Waals surface area contributed by atoms with Crippen molar-refractivity contribution >= 4 is 21.6 Å². The lowest BCUT2D eigenvalue weighted by Crippen LogP contribution is -2.24. The summed E-state index contributed by atoms with van der Waals surface area (Å²) in [6.45, 7) is 2.46. The van der Waals surface area contributed by atoms with Gasteiger partial charge in [0.05, 0.1) is 6.20 Å². The van der Waals surface area contributed by atoms with E-state index in [2.05, 4.69) is 14.9 Å². The monoisotopic (exact) mass is 265 g/mol. The highest BCUT2D eigenvalue weighted by Crippen LogP contribution is 2.08. The maximum atomic E-state index is 11.6. The van der Waals surface area contributed by atoms with Crippen molar-refractivity contribution in [1.82, 2.24) is 14.9 Å². The summed E-state index contributed by atoms with van der Waals surface area (Å²) < 4.78 is 25.7. The van der Waals surface area contributed by atoms with Crippen LogP contribution < -0.4 is 4.72 Å². The summed E-state index contributed by atoms with van der Waals surface area (Å²) in [5.74, 6) is 1.02. The van der Waals surface area contributed by atoms with Gasteiger partial charge >= 0.3 is 0 Å². The van der Waals surface area contributed by atoms with Gasteiger partial charge in [0, 0.05) is 18.6 Å². The number of H-pyrrole nitrogens is 1. The van der Waals surface area contributed by atoms with Crippen molar-refractivity contribution in [1.29, 1.82) is 0 Å². The first-order valence-corrected chi connectivity index (χ1v) is 7.12. The van der Waals surface area contributed by atoms with Crippen LogP contribution in [0, 0.1) is 5.92 Å². The second kappa shape index (κ2) is 6.22. The topological polar surface area (TPSA) is 74.8 Å². The van der Waals surface area contributed by atoms with Gasteiger partial charge in [0.25, 0.3) is 0 Å². The van der Waals surface area contributed by atoms with Crippen LogP contribution in [0.1, 0.15) is 19.8 Å². The van der Waals surface area contributed by atoms with E-state index in [-0.39, 0.29) is 4.90 Å². The van der Waals surface area contributed by atoms with Crippen LogP contribution in [-0.2, 0) is 10.0 Å². The molecule has 1 rings (SSSR count). The first-order valence-electron chi connectivity index (χ1n) is 5.10. The van der Waals surface area contributed by atoms with Crippen LogP contribution in [0.4, 0.5) is 0 Å². The predicted molar refractivity (Wildman–Crippen MR) is 62.9 cm³/mol. The number of halogens is 1. The number of aromatic amines is 1. The van der Waals surface area contributed by atoms with Gasteiger partial charge in [0.15, 0.2) is 0 Å². The molecule has 0 radical (unpaired) electrons. The van der Waals surface area contributed by atoms with E-state index in [1.165, 1.54) is 12.4 Å². The largest absolute Gasteiger partial charge is 0.284 e. The standard InChI is InChI=1S/C9H16ClN3O2S/c1-8(5-10)3-2-4-13-16(14,15)9-6-11-12-7-9/h6-8,13H,2-5H2,1H3,(H,11,12). The molecule has 0 amide bonds. The molecule has 0 aliphatic rings. The summed E-state index contributed by atoms with van der Waals surface area (Å²) in [5.41, 5.74) is 0. The predicted octanol–water partition coefficient (Wildman–Crippen LogP) is 1.34. The summed E-state index contributed by atoms with van der Waals surface area (Å²) in [6, 6.07) is 0. The Morgan fingerprint density at radius 1 is 1.62 bits per heavy atom. The smallest absolute Gasteiger partial charge is 0.243 e. The second-order valence-electron chi connectivity index (χ2n) is 3.73. The van der Waals surface area contributed by atoms with Gasteiger partial charge in [-0.2, -0.15) is 5.10 Å². The number of aromatic nitrogens is 2. The Kier molecular flexibility index (Phi) is 5.24. The van der Waals surface area contributed by atoms with Gasteiger partial charge in [-0.25, -0.2) is 13.1 Å². The number of rotatable bonds is 7. The van der Waals surface area contributed by atoms with Gasteiger partial charge in [-0.3, -0.25) is 5.10 Å². The molecule has 1 atom stereocenters. The third-order valence-corrected chi connectivity index (χ3v) is 4.17. The summed E-state index contributed by atoms with van der Waals surface area (Å²) in [5, 5.41) is 6.06. The molecule has 0 aliphatic heterocycles. The molecule has 0 saturated heterocycles. The van der Waals surface area contributed by atoms with Crippen molar-refractivity contribution < 1.29 is 8.42 Å². The Hall–Kier alpha value is -0.590. The molecular formula is C9H16ClN3O2S. The zero-order chi connectivity index (χ0) is 12.0. The molecule has 2 N–H and O–H groups in total. The first kappa shape index (κ1) is 13.5. The van der Waals surface area contributed by atoms with Crippen LogP contribution >= 0.6 is 11.6 Å². The lowest BCUT2D eigenvalue weighted by atomic mass is 10.1. The molecule has 1 aromatic heterocycles. The molecule has 1 heterocycles. The number of nitrogens with one attached hydrogen (secondary N) is 2. The highest BCUT2D eigenvalue weighted by molar-refractivity contribution is 7.89.